The van der Waals surface area contributed by atoms with Crippen molar-refractivity contribution in [2.45, 2.75) is 13.8 Å². The zero-order valence-corrected chi connectivity index (χ0v) is 9.64. The number of aromatic nitrogens is 2. The van der Waals surface area contributed by atoms with E-state index >= 15 is 0 Å². The highest BCUT2D eigenvalue weighted by atomic mass is 32.1. The molecule has 78 valence electrons. The lowest BCUT2D eigenvalue weighted by Gasteiger charge is -2.02. The lowest BCUT2D eigenvalue weighted by molar-refractivity contribution is 1.12. The van der Waals surface area contributed by atoms with E-state index in [4.69, 9.17) is 0 Å². The summed E-state index contributed by atoms with van der Waals surface area (Å²) in [6.07, 6.45) is 1.60. The van der Waals surface area contributed by atoms with Gasteiger partial charge >= 0.3 is 0 Å². The molecule has 0 fully saturated rings. The van der Waals surface area contributed by atoms with Gasteiger partial charge in [0.1, 0.15) is 12.1 Å². The quantitative estimate of drug-likeness (QED) is 0.862. The van der Waals surface area contributed by atoms with E-state index in [-0.39, 0.29) is 0 Å². The smallest absolute Gasteiger partial charge is 0.129 e. The molecule has 1 N–H and O–H groups in total. The number of nitrogens with zero attached hydrogens (tertiary/aromatic N) is 2. The van der Waals surface area contributed by atoms with Crippen molar-refractivity contribution in [2.75, 3.05) is 11.9 Å². The summed E-state index contributed by atoms with van der Waals surface area (Å²) in [7, 11) is 0. The second-order valence-corrected chi connectivity index (χ2v) is 4.52. The average Bonchev–Trinajstić information content (AvgIpc) is 2.66. The van der Waals surface area contributed by atoms with Crippen LogP contribution in [0.1, 0.15) is 11.8 Å². The first-order chi connectivity index (χ1) is 7.29. The standard InChI is InChI=1S/C11H13N3S/c1-3-12-11-6-9(13-7-14-11)10-5-4-8(2)15-10/h4-7H,3H2,1-2H3,(H,12,13,14). The van der Waals surface area contributed by atoms with Crippen LogP contribution in [0.5, 0.6) is 0 Å². The molecule has 0 saturated carbocycles. The monoisotopic (exact) mass is 219 g/mol. The summed E-state index contributed by atoms with van der Waals surface area (Å²) in [6, 6.07) is 6.18. The Kier molecular flexibility index (Phi) is 2.97. The van der Waals surface area contributed by atoms with Gasteiger partial charge in [-0.25, -0.2) is 9.97 Å². The molecule has 2 heterocycles. The van der Waals surface area contributed by atoms with Crippen molar-refractivity contribution < 1.29 is 0 Å². The maximum absolute atomic E-state index is 4.26. The van der Waals surface area contributed by atoms with Crippen LogP contribution in [-0.4, -0.2) is 16.5 Å². The number of anilines is 1. The second-order valence-electron chi connectivity index (χ2n) is 3.23. The Balaban J connectivity index is 2.32. The number of rotatable bonds is 3. The van der Waals surface area contributed by atoms with Gasteiger partial charge in [-0.15, -0.1) is 11.3 Å². The Bertz CT molecular complexity index is 451. The first-order valence-corrected chi connectivity index (χ1v) is 5.74. The third-order valence-electron chi connectivity index (χ3n) is 2.02. The Morgan fingerprint density at radius 1 is 1.33 bits per heavy atom. The van der Waals surface area contributed by atoms with Gasteiger partial charge in [0, 0.05) is 17.5 Å². The molecule has 3 nitrogen and oxygen atoms in total. The van der Waals surface area contributed by atoms with Gasteiger partial charge in [0.15, 0.2) is 0 Å². The third kappa shape index (κ3) is 2.33. The number of nitrogens with one attached hydrogen (secondary N) is 1. The van der Waals surface area contributed by atoms with Crippen LogP contribution in [0.3, 0.4) is 0 Å². The predicted octanol–water partition coefficient (Wildman–Crippen LogP) is 2.95. The summed E-state index contributed by atoms with van der Waals surface area (Å²) in [4.78, 5) is 10.9. The van der Waals surface area contributed by atoms with Crippen molar-refractivity contribution >= 4 is 17.2 Å². The molecule has 0 bridgehead atoms. The fraction of sp³-hybridized carbons (Fsp3) is 0.273. The van der Waals surface area contributed by atoms with Gasteiger partial charge in [0.05, 0.1) is 10.6 Å². The van der Waals surface area contributed by atoms with Crippen molar-refractivity contribution in [3.8, 4) is 10.6 Å². The molecule has 0 aliphatic rings. The molecule has 2 rings (SSSR count). The van der Waals surface area contributed by atoms with Gasteiger partial charge < -0.3 is 5.32 Å². The van der Waals surface area contributed by atoms with Crippen LogP contribution in [0.4, 0.5) is 5.82 Å². The largest absolute Gasteiger partial charge is 0.370 e. The number of hydrogen-bond donors (Lipinski definition) is 1. The number of hydrogen-bond acceptors (Lipinski definition) is 4. The maximum atomic E-state index is 4.26. The highest BCUT2D eigenvalue weighted by molar-refractivity contribution is 7.15. The Morgan fingerprint density at radius 3 is 2.87 bits per heavy atom. The van der Waals surface area contributed by atoms with E-state index < -0.39 is 0 Å². The zero-order valence-electron chi connectivity index (χ0n) is 8.82. The summed E-state index contributed by atoms with van der Waals surface area (Å²) in [5, 5.41) is 3.18. The summed E-state index contributed by atoms with van der Waals surface area (Å²) < 4.78 is 0. The van der Waals surface area contributed by atoms with E-state index in [9.17, 15) is 0 Å². The summed E-state index contributed by atoms with van der Waals surface area (Å²) in [6.45, 7) is 5.03. The Morgan fingerprint density at radius 2 is 2.20 bits per heavy atom. The van der Waals surface area contributed by atoms with Crippen LogP contribution in [-0.2, 0) is 0 Å². The van der Waals surface area contributed by atoms with E-state index in [1.807, 2.05) is 6.07 Å². The van der Waals surface area contributed by atoms with E-state index in [0.29, 0.717) is 0 Å². The van der Waals surface area contributed by atoms with Crippen molar-refractivity contribution in [1.82, 2.24) is 9.97 Å². The molecule has 0 aliphatic heterocycles. The molecular weight excluding hydrogens is 206 g/mol. The summed E-state index contributed by atoms with van der Waals surface area (Å²) in [5.41, 5.74) is 0.985. The van der Waals surface area contributed by atoms with Gasteiger partial charge in [-0.2, -0.15) is 0 Å². The first kappa shape index (κ1) is 10.1. The lowest BCUT2D eigenvalue weighted by Crippen LogP contribution is -1.99. The van der Waals surface area contributed by atoms with Crippen LogP contribution < -0.4 is 5.32 Å². The zero-order chi connectivity index (χ0) is 10.7. The normalized spacial score (nSPS) is 10.3. The molecule has 4 heteroatoms. The highest BCUT2D eigenvalue weighted by Gasteiger charge is 2.03. The number of aryl methyl sites for hydroxylation is 1. The Hall–Kier alpha value is -1.42. The van der Waals surface area contributed by atoms with Crippen molar-refractivity contribution in [2.24, 2.45) is 0 Å². The van der Waals surface area contributed by atoms with Gasteiger partial charge in [-0.05, 0) is 26.0 Å². The molecule has 2 aromatic rings. The van der Waals surface area contributed by atoms with Crippen molar-refractivity contribution in [3.05, 3.63) is 29.4 Å². The molecule has 0 unspecified atom stereocenters. The van der Waals surface area contributed by atoms with Crippen LogP contribution >= 0.6 is 11.3 Å². The molecule has 15 heavy (non-hydrogen) atoms. The van der Waals surface area contributed by atoms with Crippen LogP contribution in [0.15, 0.2) is 24.5 Å². The Labute approximate surface area is 93.2 Å². The molecule has 0 amide bonds. The topological polar surface area (TPSA) is 37.8 Å². The van der Waals surface area contributed by atoms with E-state index in [1.54, 1.807) is 17.7 Å². The molecule has 0 radical (unpaired) electrons. The van der Waals surface area contributed by atoms with Crippen molar-refractivity contribution in [3.63, 3.8) is 0 Å². The first-order valence-electron chi connectivity index (χ1n) is 4.92. The molecular formula is C11H13N3S. The van der Waals surface area contributed by atoms with E-state index in [2.05, 4.69) is 41.3 Å². The molecule has 0 spiro atoms. The predicted molar refractivity (Wildman–Crippen MR) is 64.2 cm³/mol. The SMILES string of the molecule is CCNc1cc(-c2ccc(C)s2)ncn1. The highest BCUT2D eigenvalue weighted by Crippen LogP contribution is 2.26. The van der Waals surface area contributed by atoms with Gasteiger partial charge in [-0.1, -0.05) is 0 Å². The maximum Gasteiger partial charge on any atom is 0.129 e. The molecule has 0 aliphatic carbocycles. The van der Waals surface area contributed by atoms with E-state index in [0.717, 1.165) is 18.1 Å². The molecule has 0 aromatic carbocycles. The third-order valence-corrected chi connectivity index (χ3v) is 3.04. The average molecular weight is 219 g/mol. The minimum Gasteiger partial charge on any atom is -0.370 e. The lowest BCUT2D eigenvalue weighted by atomic mass is 10.3. The van der Waals surface area contributed by atoms with Crippen molar-refractivity contribution in [1.29, 1.82) is 0 Å². The van der Waals surface area contributed by atoms with Crippen LogP contribution in [0.25, 0.3) is 10.6 Å². The minimum atomic E-state index is 0.875. The van der Waals surface area contributed by atoms with Gasteiger partial charge in [0.2, 0.25) is 0 Å². The van der Waals surface area contributed by atoms with Crippen LogP contribution in [0.2, 0.25) is 0 Å². The fourth-order valence-electron chi connectivity index (χ4n) is 1.34. The van der Waals surface area contributed by atoms with Crippen LogP contribution in [0, 0.1) is 6.92 Å². The molecule has 2 aromatic heterocycles. The van der Waals surface area contributed by atoms with Gasteiger partial charge in [-0.3, -0.25) is 0 Å². The fourth-order valence-corrected chi connectivity index (χ4v) is 2.18. The second kappa shape index (κ2) is 4.40. The number of thiophene rings is 1. The van der Waals surface area contributed by atoms with Gasteiger partial charge in [0.25, 0.3) is 0 Å². The molecule has 0 atom stereocenters. The molecule has 0 saturated heterocycles. The minimum absolute atomic E-state index is 0.875. The summed E-state index contributed by atoms with van der Waals surface area (Å²) >= 11 is 1.75. The summed E-state index contributed by atoms with van der Waals surface area (Å²) in [5.74, 6) is 0.883. The van der Waals surface area contributed by atoms with E-state index in [1.165, 1.54) is 9.75 Å².